The highest BCUT2D eigenvalue weighted by Crippen LogP contribution is 2.36. The molecule has 2 amide bonds. The highest BCUT2D eigenvalue weighted by Gasteiger charge is 2.35. The van der Waals surface area contributed by atoms with Crippen molar-refractivity contribution in [1.29, 1.82) is 0 Å². The lowest BCUT2D eigenvalue weighted by atomic mass is 9.81. The van der Waals surface area contributed by atoms with Crippen LogP contribution in [0.3, 0.4) is 0 Å². The summed E-state index contributed by atoms with van der Waals surface area (Å²) in [6.45, 7) is 5.52. The second-order valence-corrected chi connectivity index (χ2v) is 7.09. The topological polar surface area (TPSA) is 58.2 Å². The number of alkyl halides is 3. The zero-order valence-electron chi connectivity index (χ0n) is 13.8. The van der Waals surface area contributed by atoms with Gasteiger partial charge in [0, 0.05) is 6.42 Å². The maximum absolute atomic E-state index is 12.9. The molecule has 0 aliphatic carbocycles. The van der Waals surface area contributed by atoms with E-state index in [-0.39, 0.29) is 18.2 Å². The maximum atomic E-state index is 12.9. The smallest absolute Gasteiger partial charge is 0.347 e. The summed E-state index contributed by atoms with van der Waals surface area (Å²) in [5, 5.41) is 5.36. The first kappa shape index (κ1) is 18.3. The second kappa shape index (κ2) is 6.45. The van der Waals surface area contributed by atoms with Crippen molar-refractivity contribution in [3.63, 3.8) is 0 Å². The van der Waals surface area contributed by atoms with E-state index in [1.165, 1.54) is 6.07 Å². The largest absolute Gasteiger partial charge is 0.416 e. The number of hydrogen-bond donors (Lipinski definition) is 2. The third-order valence-corrected chi connectivity index (χ3v) is 4.01. The van der Waals surface area contributed by atoms with Crippen molar-refractivity contribution in [2.75, 3.05) is 0 Å². The van der Waals surface area contributed by atoms with Crippen molar-refractivity contribution in [2.24, 2.45) is 5.41 Å². The Hall–Kier alpha value is -2.05. The molecule has 4 nitrogen and oxygen atoms in total. The van der Waals surface area contributed by atoms with Gasteiger partial charge in [-0.2, -0.15) is 13.2 Å². The number of benzene rings is 1. The van der Waals surface area contributed by atoms with E-state index in [4.69, 9.17) is 0 Å². The summed E-state index contributed by atoms with van der Waals surface area (Å²) >= 11 is 0. The Morgan fingerprint density at radius 3 is 2.46 bits per heavy atom. The van der Waals surface area contributed by atoms with Crippen LogP contribution in [-0.4, -0.2) is 17.9 Å². The summed E-state index contributed by atoms with van der Waals surface area (Å²) in [6, 6.07) is 3.73. The van der Waals surface area contributed by atoms with Gasteiger partial charge in [0.25, 0.3) is 0 Å². The molecular formula is C17H21F3N2O2. The van der Waals surface area contributed by atoms with Gasteiger partial charge in [-0.25, -0.2) is 0 Å². The Kier molecular flexibility index (Phi) is 4.92. The molecule has 0 unspecified atom stereocenters. The van der Waals surface area contributed by atoms with E-state index in [1.807, 2.05) is 20.8 Å². The zero-order valence-corrected chi connectivity index (χ0v) is 13.8. The van der Waals surface area contributed by atoms with Gasteiger partial charge < -0.3 is 10.6 Å². The molecule has 1 aromatic carbocycles. The minimum Gasteiger partial charge on any atom is -0.347 e. The molecule has 2 rings (SSSR count). The first-order chi connectivity index (χ1) is 11.0. The van der Waals surface area contributed by atoms with Gasteiger partial charge in [0.05, 0.1) is 11.6 Å². The summed E-state index contributed by atoms with van der Waals surface area (Å²) in [6.07, 6.45) is -3.77. The molecule has 2 N–H and O–H groups in total. The van der Waals surface area contributed by atoms with E-state index >= 15 is 0 Å². The fraction of sp³-hybridized carbons (Fsp3) is 0.529. The van der Waals surface area contributed by atoms with E-state index < -0.39 is 29.2 Å². The van der Waals surface area contributed by atoms with Crippen LogP contribution in [-0.2, 0) is 15.8 Å². The van der Waals surface area contributed by atoms with Gasteiger partial charge in [0.15, 0.2) is 0 Å². The van der Waals surface area contributed by atoms with Crippen molar-refractivity contribution in [3.8, 4) is 0 Å². The van der Waals surface area contributed by atoms with Gasteiger partial charge in [-0.05, 0) is 29.5 Å². The molecule has 0 spiro atoms. The fourth-order valence-corrected chi connectivity index (χ4v) is 2.75. The molecule has 24 heavy (non-hydrogen) atoms. The van der Waals surface area contributed by atoms with E-state index in [1.54, 1.807) is 6.07 Å². The van der Waals surface area contributed by atoms with Gasteiger partial charge in [-0.15, -0.1) is 0 Å². The summed E-state index contributed by atoms with van der Waals surface area (Å²) in [4.78, 5) is 23.6. The highest BCUT2D eigenvalue weighted by molar-refractivity contribution is 5.91. The van der Waals surface area contributed by atoms with Gasteiger partial charge in [-0.1, -0.05) is 32.9 Å². The molecule has 0 bridgehead atoms. The van der Waals surface area contributed by atoms with Crippen LogP contribution in [0.1, 0.15) is 50.8 Å². The Morgan fingerprint density at radius 2 is 1.96 bits per heavy atom. The predicted molar refractivity (Wildman–Crippen MR) is 82.9 cm³/mol. The molecule has 0 radical (unpaired) electrons. The summed E-state index contributed by atoms with van der Waals surface area (Å²) in [5.41, 5.74) is -0.865. The van der Waals surface area contributed by atoms with Gasteiger partial charge >= 0.3 is 6.18 Å². The van der Waals surface area contributed by atoms with Crippen LogP contribution in [0.25, 0.3) is 0 Å². The van der Waals surface area contributed by atoms with Gasteiger partial charge in [0.2, 0.25) is 11.8 Å². The van der Waals surface area contributed by atoms with Crippen LogP contribution in [0.5, 0.6) is 0 Å². The number of carbonyl (C=O) groups is 2. The van der Waals surface area contributed by atoms with E-state index in [0.717, 1.165) is 12.1 Å². The van der Waals surface area contributed by atoms with Crippen LogP contribution in [0, 0.1) is 5.41 Å². The molecule has 1 fully saturated rings. The molecule has 2 atom stereocenters. The monoisotopic (exact) mass is 342 g/mol. The van der Waals surface area contributed by atoms with Crippen molar-refractivity contribution in [1.82, 2.24) is 10.6 Å². The molecule has 1 aliphatic heterocycles. The second-order valence-electron chi connectivity index (χ2n) is 7.09. The number of hydrogen-bond acceptors (Lipinski definition) is 2. The third-order valence-electron chi connectivity index (χ3n) is 4.01. The summed E-state index contributed by atoms with van der Waals surface area (Å²) < 4.78 is 38.8. The molecule has 1 aromatic rings. The molecule has 132 valence electrons. The van der Waals surface area contributed by atoms with Crippen molar-refractivity contribution in [2.45, 2.75) is 51.9 Å². The van der Waals surface area contributed by atoms with E-state index in [9.17, 15) is 22.8 Å². The van der Waals surface area contributed by atoms with Gasteiger partial charge in [-0.3, -0.25) is 9.59 Å². The average Bonchev–Trinajstić information content (AvgIpc) is 2.89. The van der Waals surface area contributed by atoms with E-state index in [2.05, 4.69) is 10.6 Å². The average molecular weight is 342 g/mol. The predicted octanol–water partition coefficient (Wildman–Crippen LogP) is 3.19. The van der Waals surface area contributed by atoms with Crippen LogP contribution >= 0.6 is 0 Å². The highest BCUT2D eigenvalue weighted by atomic mass is 19.4. The summed E-state index contributed by atoms with van der Waals surface area (Å²) in [5.74, 6) is -0.570. The maximum Gasteiger partial charge on any atom is 0.416 e. The van der Waals surface area contributed by atoms with Crippen molar-refractivity contribution >= 4 is 11.8 Å². The first-order valence-electron chi connectivity index (χ1n) is 7.75. The number of amides is 2. The Labute approximate surface area is 138 Å². The van der Waals surface area contributed by atoms with Gasteiger partial charge in [0.1, 0.15) is 6.04 Å². The lowest BCUT2D eigenvalue weighted by Crippen LogP contribution is -2.46. The van der Waals surface area contributed by atoms with Crippen molar-refractivity contribution in [3.05, 3.63) is 35.4 Å². The lowest BCUT2D eigenvalue weighted by molar-refractivity contribution is -0.137. The standard InChI is InChI=1S/C17H21F3N2O2/c1-16(2,3)14(22-15(24)12-7-8-13(23)21-12)10-5-4-6-11(9-10)17(18,19)20/h4-6,9,12,14H,7-8H2,1-3H3,(H,21,23)(H,22,24)/t12-,14+/m0/s1. The number of carbonyl (C=O) groups excluding carboxylic acids is 2. The number of rotatable bonds is 3. The molecule has 7 heteroatoms. The zero-order chi connectivity index (χ0) is 18.1. The summed E-state index contributed by atoms with van der Waals surface area (Å²) in [7, 11) is 0. The van der Waals surface area contributed by atoms with E-state index in [0.29, 0.717) is 12.0 Å². The van der Waals surface area contributed by atoms with Crippen LogP contribution in [0.15, 0.2) is 24.3 Å². The Bertz CT molecular complexity index is 635. The molecule has 1 heterocycles. The SMILES string of the molecule is CC(C)(C)[C@H](NC(=O)[C@@H]1CCC(=O)N1)c1cccc(C(F)(F)F)c1. The molecule has 0 aromatic heterocycles. The fourth-order valence-electron chi connectivity index (χ4n) is 2.75. The molecule has 0 saturated carbocycles. The molecule has 1 saturated heterocycles. The minimum absolute atomic E-state index is 0.193. The van der Waals surface area contributed by atoms with Crippen LogP contribution in [0.2, 0.25) is 0 Å². The van der Waals surface area contributed by atoms with Crippen LogP contribution < -0.4 is 10.6 Å². The first-order valence-corrected chi connectivity index (χ1v) is 7.75. The normalized spacial score (nSPS) is 19.8. The lowest BCUT2D eigenvalue weighted by Gasteiger charge is -2.33. The Balaban J connectivity index is 2.26. The third kappa shape index (κ3) is 4.27. The quantitative estimate of drug-likeness (QED) is 0.886. The number of nitrogens with one attached hydrogen (secondary N) is 2. The number of halogens is 3. The minimum atomic E-state index is -4.44. The Morgan fingerprint density at radius 1 is 1.29 bits per heavy atom. The van der Waals surface area contributed by atoms with Crippen LogP contribution in [0.4, 0.5) is 13.2 Å². The molecular weight excluding hydrogens is 321 g/mol. The molecule has 1 aliphatic rings. The van der Waals surface area contributed by atoms with Crippen molar-refractivity contribution < 1.29 is 22.8 Å².